The molecule has 0 aliphatic carbocycles. The predicted octanol–water partition coefficient (Wildman–Crippen LogP) is 1.02. The van der Waals surface area contributed by atoms with Gasteiger partial charge in [0.1, 0.15) is 0 Å². The first-order chi connectivity index (χ1) is 4.84. The molecule has 10 heavy (non-hydrogen) atoms. The Morgan fingerprint density at radius 3 is 3.10 bits per heavy atom. The number of nitrogens with one attached hydrogen (secondary N) is 1. The minimum Gasteiger partial charge on any atom is -0.307 e. The van der Waals surface area contributed by atoms with Gasteiger partial charge >= 0.3 is 0 Å². The highest BCUT2D eigenvalue weighted by atomic mass is 32.2. The fraction of sp³-hybridized carbons (Fsp3) is 0.857. The van der Waals surface area contributed by atoms with E-state index in [1.165, 1.54) is 11.8 Å². The molecule has 0 spiro atoms. The van der Waals surface area contributed by atoms with Crippen molar-refractivity contribution in [1.29, 1.82) is 0 Å². The van der Waals surface area contributed by atoms with E-state index in [-0.39, 0.29) is 6.04 Å². The lowest BCUT2D eigenvalue weighted by atomic mass is 10.2. The van der Waals surface area contributed by atoms with Crippen LogP contribution in [0.1, 0.15) is 19.8 Å². The molecule has 0 amide bonds. The normalized spacial score (nSPS) is 25.7. The number of hydrogen-bond donors (Lipinski definition) is 1. The van der Waals surface area contributed by atoms with Gasteiger partial charge in [0, 0.05) is 5.75 Å². The number of hydrogen-bond acceptors (Lipinski definition) is 3. The highest BCUT2D eigenvalue weighted by Crippen LogP contribution is 2.18. The molecule has 1 aliphatic heterocycles. The van der Waals surface area contributed by atoms with Gasteiger partial charge in [-0.1, -0.05) is 18.7 Å². The first kappa shape index (κ1) is 8.08. The molecular formula is C7H13NOS. The summed E-state index contributed by atoms with van der Waals surface area (Å²) in [4.78, 5) is 11.0. The van der Waals surface area contributed by atoms with Gasteiger partial charge in [0.2, 0.25) is 5.12 Å². The largest absolute Gasteiger partial charge is 0.307 e. The summed E-state index contributed by atoms with van der Waals surface area (Å²) in [5.74, 6) is 1.00. The van der Waals surface area contributed by atoms with Gasteiger partial charge in [-0.2, -0.15) is 0 Å². The van der Waals surface area contributed by atoms with E-state index in [0.29, 0.717) is 5.12 Å². The van der Waals surface area contributed by atoms with Gasteiger partial charge in [-0.25, -0.2) is 0 Å². The van der Waals surface area contributed by atoms with Gasteiger partial charge in [0.25, 0.3) is 0 Å². The molecule has 0 aromatic heterocycles. The van der Waals surface area contributed by atoms with Crippen LogP contribution in [0.4, 0.5) is 0 Å². The van der Waals surface area contributed by atoms with Crippen molar-refractivity contribution in [2.24, 2.45) is 0 Å². The lowest BCUT2D eigenvalue weighted by Gasteiger charge is -2.06. The lowest BCUT2D eigenvalue weighted by molar-refractivity contribution is -0.112. The zero-order valence-corrected chi connectivity index (χ0v) is 7.04. The van der Waals surface area contributed by atoms with E-state index < -0.39 is 0 Å². The monoisotopic (exact) mass is 159 g/mol. The summed E-state index contributed by atoms with van der Waals surface area (Å²) >= 11 is 1.45. The van der Waals surface area contributed by atoms with Crippen molar-refractivity contribution in [2.75, 3.05) is 12.3 Å². The van der Waals surface area contributed by atoms with Crippen molar-refractivity contribution in [3.8, 4) is 0 Å². The zero-order chi connectivity index (χ0) is 7.40. The standard InChI is InChI=1S/C7H13NOS/c1-2-4-8-6-3-5-10-7(6)9/h6,8H,2-5H2,1H3. The molecule has 0 aromatic carbocycles. The van der Waals surface area contributed by atoms with Crippen LogP contribution in [0.2, 0.25) is 0 Å². The summed E-state index contributed by atoms with van der Waals surface area (Å²) in [6.07, 6.45) is 2.12. The molecule has 1 aliphatic rings. The molecule has 1 fully saturated rings. The second kappa shape index (κ2) is 3.98. The maximum atomic E-state index is 11.0. The van der Waals surface area contributed by atoms with Crippen LogP contribution < -0.4 is 5.32 Å². The molecule has 1 atom stereocenters. The van der Waals surface area contributed by atoms with E-state index in [9.17, 15) is 4.79 Å². The van der Waals surface area contributed by atoms with Gasteiger partial charge in [-0.3, -0.25) is 4.79 Å². The summed E-state index contributed by atoms with van der Waals surface area (Å²) in [5.41, 5.74) is 0. The third-order valence-electron chi connectivity index (χ3n) is 1.58. The number of carbonyl (C=O) groups is 1. The van der Waals surface area contributed by atoms with Gasteiger partial charge < -0.3 is 5.32 Å². The van der Waals surface area contributed by atoms with Gasteiger partial charge in [0.15, 0.2) is 0 Å². The fourth-order valence-corrected chi connectivity index (χ4v) is 1.96. The average molecular weight is 159 g/mol. The first-order valence-corrected chi connectivity index (χ1v) is 4.73. The highest BCUT2D eigenvalue weighted by molar-refractivity contribution is 8.14. The Morgan fingerprint density at radius 2 is 2.60 bits per heavy atom. The molecule has 0 bridgehead atoms. The molecule has 1 heterocycles. The molecule has 1 rings (SSSR count). The molecular weight excluding hydrogens is 146 g/mol. The van der Waals surface area contributed by atoms with Crippen molar-refractivity contribution < 1.29 is 4.79 Å². The topological polar surface area (TPSA) is 29.1 Å². The van der Waals surface area contributed by atoms with Crippen LogP contribution in [0.3, 0.4) is 0 Å². The Bertz CT molecular complexity index is 127. The summed E-state index contributed by atoms with van der Waals surface area (Å²) in [7, 11) is 0. The molecule has 1 N–H and O–H groups in total. The van der Waals surface area contributed by atoms with Crippen LogP contribution in [0.15, 0.2) is 0 Å². The fourth-order valence-electron chi connectivity index (χ4n) is 1.000. The molecule has 1 unspecified atom stereocenters. The third kappa shape index (κ3) is 1.99. The van der Waals surface area contributed by atoms with Crippen molar-refractivity contribution >= 4 is 16.9 Å². The Kier molecular flexibility index (Phi) is 3.22. The van der Waals surface area contributed by atoms with E-state index in [0.717, 1.165) is 25.1 Å². The molecule has 58 valence electrons. The van der Waals surface area contributed by atoms with E-state index in [1.807, 2.05) is 0 Å². The summed E-state index contributed by atoms with van der Waals surface area (Å²) in [5, 5.41) is 3.54. The Balaban J connectivity index is 2.20. The van der Waals surface area contributed by atoms with E-state index in [4.69, 9.17) is 0 Å². The van der Waals surface area contributed by atoms with E-state index in [1.54, 1.807) is 0 Å². The minimum absolute atomic E-state index is 0.157. The molecule has 1 saturated heterocycles. The molecule has 0 saturated carbocycles. The molecule has 2 nitrogen and oxygen atoms in total. The SMILES string of the molecule is CCCNC1CCSC1=O. The quantitative estimate of drug-likeness (QED) is 0.666. The second-order valence-corrected chi connectivity index (χ2v) is 3.56. The minimum atomic E-state index is 0.157. The van der Waals surface area contributed by atoms with E-state index >= 15 is 0 Å². The highest BCUT2D eigenvalue weighted by Gasteiger charge is 2.23. The van der Waals surface area contributed by atoms with Crippen LogP contribution in [-0.4, -0.2) is 23.5 Å². The Morgan fingerprint density at radius 1 is 1.80 bits per heavy atom. The summed E-state index contributed by atoms with van der Waals surface area (Å²) in [6, 6.07) is 0.157. The average Bonchev–Trinajstić information content (AvgIpc) is 2.31. The van der Waals surface area contributed by atoms with Gasteiger partial charge in [0.05, 0.1) is 6.04 Å². The Labute approximate surface area is 65.8 Å². The van der Waals surface area contributed by atoms with Gasteiger partial charge in [-0.05, 0) is 19.4 Å². The molecule has 0 aromatic rings. The van der Waals surface area contributed by atoms with Gasteiger partial charge in [-0.15, -0.1) is 0 Å². The molecule has 0 radical (unpaired) electrons. The molecule has 3 heteroatoms. The van der Waals surface area contributed by atoms with Crippen molar-refractivity contribution in [3.63, 3.8) is 0 Å². The number of thioether (sulfide) groups is 1. The van der Waals surface area contributed by atoms with E-state index in [2.05, 4.69) is 12.2 Å². The third-order valence-corrected chi connectivity index (χ3v) is 2.58. The van der Waals surface area contributed by atoms with Crippen LogP contribution in [-0.2, 0) is 4.79 Å². The predicted molar refractivity (Wildman–Crippen MR) is 44.2 cm³/mol. The maximum absolute atomic E-state index is 11.0. The zero-order valence-electron chi connectivity index (χ0n) is 6.22. The number of rotatable bonds is 3. The smallest absolute Gasteiger partial charge is 0.205 e. The van der Waals surface area contributed by atoms with Crippen molar-refractivity contribution in [1.82, 2.24) is 5.32 Å². The van der Waals surface area contributed by atoms with Crippen LogP contribution in [0.5, 0.6) is 0 Å². The Hall–Kier alpha value is -0.0200. The van der Waals surface area contributed by atoms with Crippen LogP contribution in [0.25, 0.3) is 0 Å². The van der Waals surface area contributed by atoms with Crippen LogP contribution in [0, 0.1) is 0 Å². The number of carbonyl (C=O) groups excluding carboxylic acids is 1. The van der Waals surface area contributed by atoms with Crippen LogP contribution >= 0.6 is 11.8 Å². The van der Waals surface area contributed by atoms with Crippen molar-refractivity contribution in [2.45, 2.75) is 25.8 Å². The maximum Gasteiger partial charge on any atom is 0.205 e. The lowest BCUT2D eigenvalue weighted by Crippen LogP contribution is -2.32. The summed E-state index contributed by atoms with van der Waals surface area (Å²) in [6.45, 7) is 3.08. The second-order valence-electron chi connectivity index (χ2n) is 2.46. The van der Waals surface area contributed by atoms with Crippen molar-refractivity contribution in [3.05, 3.63) is 0 Å². The first-order valence-electron chi connectivity index (χ1n) is 3.74. The summed E-state index contributed by atoms with van der Waals surface area (Å²) < 4.78 is 0.